The Morgan fingerprint density at radius 2 is 0.558 bits per heavy atom. The molecule has 52 heavy (non-hydrogen) atoms. The van der Waals surface area contributed by atoms with Crippen LogP contribution in [-0.2, 0) is 34.5 Å². The van der Waals surface area contributed by atoms with Crippen molar-refractivity contribution >= 4 is 0 Å². The number of unbranched alkanes of at least 4 members (excludes halogenated alkanes) is 11. The summed E-state index contributed by atoms with van der Waals surface area (Å²) >= 11 is 0. The maximum Gasteiger partial charge on any atom is 0.123 e. The van der Waals surface area contributed by atoms with Gasteiger partial charge in [0.1, 0.15) is 11.5 Å². The Labute approximate surface area is 322 Å². The highest BCUT2D eigenvalue weighted by Gasteiger charge is 2.27. The zero-order valence-corrected chi connectivity index (χ0v) is 36.3. The van der Waals surface area contributed by atoms with Crippen LogP contribution in [0, 0.1) is 0 Å². The van der Waals surface area contributed by atoms with Crippen LogP contribution in [0.15, 0.2) is 24.3 Å². The van der Waals surface area contributed by atoms with Crippen LogP contribution < -0.4 is 10.6 Å². The van der Waals surface area contributed by atoms with Crippen LogP contribution in [0.4, 0.5) is 0 Å². The molecule has 4 nitrogen and oxygen atoms in total. The molecule has 0 aromatic heterocycles. The Hall–Kier alpha value is -2.04. The first-order valence-corrected chi connectivity index (χ1v) is 21.4. The quantitative estimate of drug-likeness (QED) is 0.0863. The Balaban J connectivity index is 1.43. The number of rotatable bonds is 23. The summed E-state index contributed by atoms with van der Waals surface area (Å²) in [6, 6.07) is 9.00. The smallest absolute Gasteiger partial charge is 0.123 e. The van der Waals surface area contributed by atoms with Crippen LogP contribution in [0.1, 0.15) is 206 Å². The molecule has 0 unspecified atom stereocenters. The lowest BCUT2D eigenvalue weighted by Gasteiger charge is -2.28. The summed E-state index contributed by atoms with van der Waals surface area (Å²) in [5.41, 5.74) is 6.85. The van der Waals surface area contributed by atoms with Crippen molar-refractivity contribution in [3.8, 4) is 11.5 Å². The average molecular weight is 721 g/mol. The minimum absolute atomic E-state index is 0.0569. The van der Waals surface area contributed by atoms with Gasteiger partial charge < -0.3 is 20.8 Å². The van der Waals surface area contributed by atoms with E-state index in [1.165, 1.54) is 101 Å². The first-order chi connectivity index (χ1) is 24.2. The standard InChI is InChI=1S/C48H84N2O2/c1-45(2,3)39-33-37(34-40(43(39)51)46(4,5)6)27-21-15-13-17-23-29-49-31-25-19-20-26-32-50-30-24-18-14-16-22-28-38-35-41(47(7,8)9)44(52)42(36-38)48(10,11)12/h33-36,49-52H,13-32H2,1-12H3. The molecule has 2 aromatic carbocycles. The molecule has 4 heteroatoms. The lowest BCUT2D eigenvalue weighted by Crippen LogP contribution is -2.18. The molecule has 4 N–H and O–H groups in total. The van der Waals surface area contributed by atoms with Gasteiger partial charge in [0.05, 0.1) is 0 Å². The van der Waals surface area contributed by atoms with Gasteiger partial charge in [-0.05, 0) is 133 Å². The molecule has 0 fully saturated rings. The minimum Gasteiger partial charge on any atom is -0.507 e. The number of nitrogens with one attached hydrogen (secondary N) is 2. The second kappa shape index (κ2) is 21.7. The molecule has 0 aliphatic carbocycles. The molecule has 0 aliphatic rings. The SMILES string of the molecule is CC(C)(C)c1cc(CCCCCCCNCCCCCCNCCCCCCCc2cc(C(C)(C)C)c(O)c(C(C)(C)C)c2)cc(C(C)(C)C)c1O. The third-order valence-electron chi connectivity index (χ3n) is 10.7. The monoisotopic (exact) mass is 721 g/mol. The van der Waals surface area contributed by atoms with Gasteiger partial charge in [-0.15, -0.1) is 0 Å². The molecule has 0 aliphatic heterocycles. The molecule has 0 radical (unpaired) electrons. The van der Waals surface area contributed by atoms with Gasteiger partial charge in [0.15, 0.2) is 0 Å². The second-order valence-corrected chi connectivity index (χ2v) is 20.0. The van der Waals surface area contributed by atoms with Crippen molar-refractivity contribution in [2.24, 2.45) is 0 Å². The topological polar surface area (TPSA) is 64.5 Å². The largest absolute Gasteiger partial charge is 0.507 e. The van der Waals surface area contributed by atoms with Gasteiger partial charge in [-0.1, -0.05) is 159 Å². The Morgan fingerprint density at radius 1 is 0.346 bits per heavy atom. The van der Waals surface area contributed by atoms with E-state index in [-0.39, 0.29) is 21.7 Å². The maximum absolute atomic E-state index is 11.0. The fraction of sp³-hybridized carbons (Fsp3) is 0.750. The van der Waals surface area contributed by atoms with E-state index in [9.17, 15) is 10.2 Å². The van der Waals surface area contributed by atoms with Crippen molar-refractivity contribution in [3.63, 3.8) is 0 Å². The Morgan fingerprint density at radius 3 is 0.788 bits per heavy atom. The molecule has 0 heterocycles. The Bertz CT molecular complexity index is 1130. The number of benzene rings is 2. The van der Waals surface area contributed by atoms with Crippen molar-refractivity contribution in [2.75, 3.05) is 26.2 Å². The first kappa shape index (κ1) is 46.1. The maximum atomic E-state index is 11.0. The van der Waals surface area contributed by atoms with Gasteiger partial charge in [0.25, 0.3) is 0 Å². The van der Waals surface area contributed by atoms with Gasteiger partial charge in [-0.25, -0.2) is 0 Å². The second-order valence-electron chi connectivity index (χ2n) is 20.0. The third kappa shape index (κ3) is 17.0. The van der Waals surface area contributed by atoms with E-state index in [0.717, 1.165) is 61.3 Å². The fourth-order valence-corrected chi connectivity index (χ4v) is 7.29. The van der Waals surface area contributed by atoms with E-state index in [1.54, 1.807) is 0 Å². The molecule has 0 saturated carbocycles. The number of hydrogen-bond acceptors (Lipinski definition) is 4. The van der Waals surface area contributed by atoms with Crippen molar-refractivity contribution in [2.45, 2.75) is 207 Å². The summed E-state index contributed by atoms with van der Waals surface area (Å²) in [5, 5.41) is 29.3. The predicted octanol–water partition coefficient (Wildman–Crippen LogP) is 12.7. The predicted molar refractivity (Wildman–Crippen MR) is 229 cm³/mol. The van der Waals surface area contributed by atoms with Crippen LogP contribution in [0.5, 0.6) is 11.5 Å². The number of phenolic OH excluding ortho intramolecular Hbond substituents is 2. The van der Waals surface area contributed by atoms with E-state index in [1.807, 2.05) is 0 Å². The zero-order valence-electron chi connectivity index (χ0n) is 36.3. The Kier molecular flexibility index (Phi) is 19.3. The molecule has 298 valence electrons. The van der Waals surface area contributed by atoms with Crippen LogP contribution in [0.2, 0.25) is 0 Å². The summed E-state index contributed by atoms with van der Waals surface area (Å²) in [7, 11) is 0. The summed E-state index contributed by atoms with van der Waals surface area (Å²) < 4.78 is 0. The normalized spacial score (nSPS) is 12.9. The minimum atomic E-state index is -0.0569. The summed E-state index contributed by atoms with van der Waals surface area (Å²) in [4.78, 5) is 0. The van der Waals surface area contributed by atoms with Crippen LogP contribution >= 0.6 is 0 Å². The van der Waals surface area contributed by atoms with Crippen molar-refractivity contribution in [3.05, 3.63) is 57.6 Å². The molecule has 0 amide bonds. The molecular formula is C48H84N2O2. The molecule has 0 bridgehead atoms. The molecule has 0 spiro atoms. The molecule has 0 saturated heterocycles. The van der Waals surface area contributed by atoms with Crippen LogP contribution in [-0.4, -0.2) is 36.4 Å². The zero-order chi connectivity index (χ0) is 39.0. The van der Waals surface area contributed by atoms with Crippen molar-refractivity contribution in [1.29, 1.82) is 0 Å². The van der Waals surface area contributed by atoms with Gasteiger partial charge in [-0.2, -0.15) is 0 Å². The molecule has 2 rings (SSSR count). The third-order valence-corrected chi connectivity index (χ3v) is 10.7. The number of aryl methyl sites for hydroxylation is 2. The number of phenols is 2. The highest BCUT2D eigenvalue weighted by molar-refractivity contribution is 5.51. The van der Waals surface area contributed by atoms with E-state index >= 15 is 0 Å². The fourth-order valence-electron chi connectivity index (χ4n) is 7.29. The first-order valence-electron chi connectivity index (χ1n) is 21.4. The van der Waals surface area contributed by atoms with E-state index in [0.29, 0.717) is 11.5 Å². The molecule has 2 aromatic rings. The van der Waals surface area contributed by atoms with Crippen molar-refractivity contribution < 1.29 is 10.2 Å². The lowest BCUT2D eigenvalue weighted by atomic mass is 9.78. The lowest BCUT2D eigenvalue weighted by molar-refractivity contribution is 0.421. The van der Waals surface area contributed by atoms with Gasteiger partial charge in [-0.3, -0.25) is 0 Å². The van der Waals surface area contributed by atoms with Crippen molar-refractivity contribution in [1.82, 2.24) is 10.6 Å². The van der Waals surface area contributed by atoms with Crippen LogP contribution in [0.25, 0.3) is 0 Å². The van der Waals surface area contributed by atoms with E-state index < -0.39 is 0 Å². The average Bonchev–Trinajstić information content (AvgIpc) is 3.02. The summed E-state index contributed by atoms with van der Waals surface area (Å²) in [6.45, 7) is 31.0. The van der Waals surface area contributed by atoms with Crippen LogP contribution in [0.3, 0.4) is 0 Å². The van der Waals surface area contributed by atoms with E-state index in [4.69, 9.17) is 0 Å². The molecular weight excluding hydrogens is 637 g/mol. The number of aromatic hydroxyl groups is 2. The number of hydrogen-bond donors (Lipinski definition) is 4. The van der Waals surface area contributed by atoms with Gasteiger partial charge >= 0.3 is 0 Å². The molecule has 0 atom stereocenters. The highest BCUT2D eigenvalue weighted by Crippen LogP contribution is 2.41. The van der Waals surface area contributed by atoms with E-state index in [2.05, 4.69) is 118 Å². The summed E-state index contributed by atoms with van der Waals surface area (Å²) in [5.74, 6) is 0.982. The highest BCUT2D eigenvalue weighted by atomic mass is 16.3. The van der Waals surface area contributed by atoms with Gasteiger partial charge in [0, 0.05) is 0 Å². The summed E-state index contributed by atoms with van der Waals surface area (Å²) in [6.07, 6.45) is 20.2. The van der Waals surface area contributed by atoms with Gasteiger partial charge in [0.2, 0.25) is 0 Å².